The van der Waals surface area contributed by atoms with Gasteiger partial charge in [0.05, 0.1) is 0 Å². The number of nitrogens with one attached hydrogen (secondary N) is 2. The van der Waals surface area contributed by atoms with Crippen molar-refractivity contribution in [3.63, 3.8) is 0 Å². The van der Waals surface area contributed by atoms with Gasteiger partial charge in [0.25, 0.3) is 0 Å². The van der Waals surface area contributed by atoms with Gasteiger partial charge in [-0.05, 0) is 55.8 Å². The van der Waals surface area contributed by atoms with E-state index in [0.717, 1.165) is 16.7 Å². The number of hydrogen-bond acceptors (Lipinski definition) is 6. The Hall–Kier alpha value is -4.63. The van der Waals surface area contributed by atoms with Crippen LogP contribution in [0, 0.1) is 13.8 Å². The molecule has 0 fully saturated rings. The third-order valence-electron chi connectivity index (χ3n) is 5.49. The summed E-state index contributed by atoms with van der Waals surface area (Å²) in [6, 6.07) is 25.9. The molecule has 38 heavy (non-hydrogen) atoms. The molecule has 4 aromatic rings. The van der Waals surface area contributed by atoms with Gasteiger partial charge in [-0.25, -0.2) is 9.59 Å². The fourth-order valence-corrected chi connectivity index (χ4v) is 4.38. The lowest BCUT2D eigenvalue weighted by Crippen LogP contribution is -2.20. The van der Waals surface area contributed by atoms with Crippen molar-refractivity contribution in [2.45, 2.75) is 25.3 Å². The van der Waals surface area contributed by atoms with E-state index in [1.807, 2.05) is 44.2 Å². The molecule has 0 bridgehead atoms. The third-order valence-corrected chi connectivity index (χ3v) is 6.74. The van der Waals surface area contributed by atoms with Crippen LogP contribution in [0.3, 0.4) is 0 Å². The van der Waals surface area contributed by atoms with Crippen LogP contribution in [0.4, 0.5) is 16.2 Å². The Morgan fingerprint density at radius 2 is 1.32 bits per heavy atom. The molecule has 2 amide bonds. The molecular weight excluding hydrogens is 504 g/mol. The summed E-state index contributed by atoms with van der Waals surface area (Å²) < 4.78 is 36.8. The van der Waals surface area contributed by atoms with Gasteiger partial charge in [0.1, 0.15) is 17.1 Å². The first-order valence-corrected chi connectivity index (χ1v) is 13.1. The molecule has 0 aromatic heterocycles. The Morgan fingerprint density at radius 3 is 1.97 bits per heavy atom. The minimum Gasteiger partial charge on any atom is -0.457 e. The number of benzene rings is 4. The van der Waals surface area contributed by atoms with Crippen molar-refractivity contribution < 1.29 is 26.9 Å². The SMILES string of the molecule is Cc1ccc(NC(=O)Nc2ccc(C(=O)OCc3ccccc3)c(OS(=O)(=O)c3ccc(C)cc3)c2)cc1. The van der Waals surface area contributed by atoms with E-state index in [4.69, 9.17) is 8.92 Å². The number of aryl methyl sites for hydroxylation is 2. The van der Waals surface area contributed by atoms with Gasteiger partial charge in [-0.2, -0.15) is 8.42 Å². The number of ether oxygens (including phenoxy) is 1. The Morgan fingerprint density at radius 1 is 0.737 bits per heavy atom. The molecule has 0 spiro atoms. The average Bonchev–Trinajstić information content (AvgIpc) is 2.89. The van der Waals surface area contributed by atoms with Crippen molar-refractivity contribution in [2.75, 3.05) is 10.6 Å². The molecule has 194 valence electrons. The van der Waals surface area contributed by atoms with Crippen molar-refractivity contribution in [2.24, 2.45) is 0 Å². The lowest BCUT2D eigenvalue weighted by molar-refractivity contribution is 0.0471. The molecule has 0 saturated heterocycles. The fraction of sp³-hybridized carbons (Fsp3) is 0.103. The topological polar surface area (TPSA) is 111 Å². The molecule has 4 rings (SSSR count). The molecule has 0 unspecified atom stereocenters. The Kier molecular flexibility index (Phi) is 8.08. The molecular formula is C29H26N2O6S. The smallest absolute Gasteiger partial charge is 0.342 e. The molecule has 8 nitrogen and oxygen atoms in total. The standard InChI is InChI=1S/C29H26N2O6S/c1-20-8-12-23(13-9-20)30-29(33)31-24-14-17-26(28(32)36-19-22-6-4-3-5-7-22)27(18-24)37-38(34,35)25-15-10-21(2)11-16-25/h3-18H,19H2,1-2H3,(H2,30,31,33). The van der Waals surface area contributed by atoms with E-state index in [1.54, 1.807) is 36.4 Å². The number of carbonyl (C=O) groups excluding carboxylic acids is 2. The second kappa shape index (κ2) is 11.6. The maximum atomic E-state index is 13.0. The summed E-state index contributed by atoms with van der Waals surface area (Å²) in [5, 5.41) is 5.32. The molecule has 0 aliphatic heterocycles. The van der Waals surface area contributed by atoms with Gasteiger partial charge in [0, 0.05) is 17.4 Å². The lowest BCUT2D eigenvalue weighted by Gasteiger charge is -2.14. The number of anilines is 2. The highest BCUT2D eigenvalue weighted by Crippen LogP contribution is 2.28. The Labute approximate surface area is 221 Å². The van der Waals surface area contributed by atoms with Crippen LogP contribution in [0.15, 0.2) is 102 Å². The number of esters is 1. The van der Waals surface area contributed by atoms with Gasteiger partial charge in [0.15, 0.2) is 5.75 Å². The second-order valence-electron chi connectivity index (χ2n) is 8.57. The van der Waals surface area contributed by atoms with Crippen molar-refractivity contribution in [1.82, 2.24) is 0 Å². The predicted molar refractivity (Wildman–Crippen MR) is 145 cm³/mol. The van der Waals surface area contributed by atoms with Crippen LogP contribution >= 0.6 is 0 Å². The highest BCUT2D eigenvalue weighted by atomic mass is 32.2. The van der Waals surface area contributed by atoms with E-state index in [1.165, 1.54) is 30.3 Å². The second-order valence-corrected chi connectivity index (χ2v) is 10.1. The van der Waals surface area contributed by atoms with Crippen LogP contribution in [0.5, 0.6) is 5.75 Å². The van der Waals surface area contributed by atoms with E-state index in [0.29, 0.717) is 5.69 Å². The van der Waals surface area contributed by atoms with E-state index in [-0.39, 0.29) is 28.5 Å². The summed E-state index contributed by atoms with van der Waals surface area (Å²) in [6.45, 7) is 3.75. The quantitative estimate of drug-likeness (QED) is 0.211. The molecule has 0 aliphatic rings. The van der Waals surface area contributed by atoms with Gasteiger partial charge in [0.2, 0.25) is 0 Å². The monoisotopic (exact) mass is 530 g/mol. The van der Waals surface area contributed by atoms with Crippen molar-refractivity contribution >= 4 is 33.5 Å². The van der Waals surface area contributed by atoms with E-state index in [9.17, 15) is 18.0 Å². The first kappa shape index (κ1) is 26.4. The molecule has 4 aromatic carbocycles. The van der Waals surface area contributed by atoms with Crippen molar-refractivity contribution in [1.29, 1.82) is 0 Å². The van der Waals surface area contributed by atoms with Gasteiger partial charge >= 0.3 is 22.1 Å². The summed E-state index contributed by atoms with van der Waals surface area (Å²) in [7, 11) is -4.29. The zero-order valence-electron chi connectivity index (χ0n) is 20.8. The van der Waals surface area contributed by atoms with Gasteiger partial charge in [-0.3, -0.25) is 0 Å². The molecule has 0 atom stereocenters. The fourth-order valence-electron chi connectivity index (χ4n) is 3.44. The van der Waals surface area contributed by atoms with Crippen LogP contribution in [0.1, 0.15) is 27.0 Å². The number of rotatable bonds is 8. The molecule has 0 saturated carbocycles. The first-order valence-electron chi connectivity index (χ1n) is 11.7. The zero-order chi connectivity index (χ0) is 27.1. The van der Waals surface area contributed by atoms with Crippen LogP contribution < -0.4 is 14.8 Å². The average molecular weight is 531 g/mol. The molecule has 0 heterocycles. The van der Waals surface area contributed by atoms with E-state index >= 15 is 0 Å². The number of amides is 2. The van der Waals surface area contributed by atoms with Gasteiger partial charge < -0.3 is 19.6 Å². The maximum Gasteiger partial charge on any atom is 0.342 e. The third kappa shape index (κ3) is 6.98. The van der Waals surface area contributed by atoms with Crippen LogP contribution in [0.2, 0.25) is 0 Å². The number of hydrogen-bond donors (Lipinski definition) is 2. The summed E-state index contributed by atoms with van der Waals surface area (Å²) in [6.07, 6.45) is 0. The predicted octanol–water partition coefficient (Wildman–Crippen LogP) is 6.07. The highest BCUT2D eigenvalue weighted by Gasteiger charge is 2.23. The highest BCUT2D eigenvalue weighted by molar-refractivity contribution is 7.87. The first-order chi connectivity index (χ1) is 18.2. The minimum atomic E-state index is -4.29. The largest absolute Gasteiger partial charge is 0.457 e. The number of carbonyl (C=O) groups is 2. The molecule has 2 N–H and O–H groups in total. The normalized spacial score (nSPS) is 10.9. The molecule has 0 radical (unpaired) electrons. The van der Waals surface area contributed by atoms with E-state index < -0.39 is 22.1 Å². The Bertz CT molecular complexity index is 1530. The zero-order valence-corrected chi connectivity index (χ0v) is 21.6. The maximum absolute atomic E-state index is 13.0. The summed E-state index contributed by atoms with van der Waals surface area (Å²) in [5.41, 5.74) is 3.36. The van der Waals surface area contributed by atoms with E-state index in [2.05, 4.69) is 10.6 Å². The Balaban J connectivity index is 1.58. The van der Waals surface area contributed by atoms with Gasteiger partial charge in [-0.1, -0.05) is 65.7 Å². The molecule has 9 heteroatoms. The molecule has 0 aliphatic carbocycles. The lowest BCUT2D eigenvalue weighted by atomic mass is 10.2. The van der Waals surface area contributed by atoms with Crippen LogP contribution in [-0.2, 0) is 21.5 Å². The summed E-state index contributed by atoms with van der Waals surface area (Å²) in [4.78, 5) is 25.4. The minimum absolute atomic E-state index is 0.0111. The summed E-state index contributed by atoms with van der Waals surface area (Å²) >= 11 is 0. The van der Waals surface area contributed by atoms with Gasteiger partial charge in [-0.15, -0.1) is 0 Å². The number of urea groups is 1. The van der Waals surface area contributed by atoms with Crippen LogP contribution in [0.25, 0.3) is 0 Å². The van der Waals surface area contributed by atoms with Crippen molar-refractivity contribution in [3.05, 3.63) is 119 Å². The summed E-state index contributed by atoms with van der Waals surface area (Å²) in [5.74, 6) is -1.06. The van der Waals surface area contributed by atoms with Crippen LogP contribution in [-0.4, -0.2) is 20.4 Å². The van der Waals surface area contributed by atoms with Crippen molar-refractivity contribution in [3.8, 4) is 5.75 Å².